The van der Waals surface area contributed by atoms with Crippen LogP contribution in [0.15, 0.2) is 24.4 Å². The van der Waals surface area contributed by atoms with E-state index in [1.54, 1.807) is 6.07 Å². The van der Waals surface area contributed by atoms with Gasteiger partial charge >= 0.3 is 0 Å². The third kappa shape index (κ3) is 1.39. The van der Waals surface area contributed by atoms with E-state index in [4.69, 9.17) is 0 Å². The molecule has 4 heteroatoms. The van der Waals surface area contributed by atoms with Crippen molar-refractivity contribution in [3.8, 4) is 0 Å². The van der Waals surface area contributed by atoms with Crippen LogP contribution in [-0.2, 0) is 5.92 Å². The number of aromatic nitrogens is 2. The highest BCUT2D eigenvalue weighted by Crippen LogP contribution is 2.28. The molecule has 0 fully saturated rings. The summed E-state index contributed by atoms with van der Waals surface area (Å²) in [4.78, 5) is 0. The molecule has 1 N–H and O–H groups in total. The highest BCUT2D eigenvalue weighted by Gasteiger charge is 2.24. The first-order chi connectivity index (χ1) is 6.07. The SMILES string of the molecule is CC(F)(F)c1ccc2[nH]ncc2c1. The lowest BCUT2D eigenvalue weighted by atomic mass is 10.1. The molecule has 1 aromatic heterocycles. The van der Waals surface area contributed by atoms with Gasteiger partial charge < -0.3 is 0 Å². The molecule has 2 aromatic rings. The second kappa shape index (κ2) is 2.52. The second-order valence-corrected chi connectivity index (χ2v) is 3.06. The van der Waals surface area contributed by atoms with Crippen LogP contribution in [0.2, 0.25) is 0 Å². The van der Waals surface area contributed by atoms with E-state index in [1.807, 2.05) is 0 Å². The predicted molar refractivity (Wildman–Crippen MR) is 45.7 cm³/mol. The monoisotopic (exact) mass is 182 g/mol. The van der Waals surface area contributed by atoms with E-state index in [1.165, 1.54) is 18.3 Å². The largest absolute Gasteiger partial charge is 0.278 e. The van der Waals surface area contributed by atoms with Gasteiger partial charge in [0, 0.05) is 17.9 Å². The van der Waals surface area contributed by atoms with Crippen LogP contribution in [0.3, 0.4) is 0 Å². The maximum Gasteiger partial charge on any atom is 0.270 e. The summed E-state index contributed by atoms with van der Waals surface area (Å²) in [5, 5.41) is 7.17. The quantitative estimate of drug-likeness (QED) is 0.721. The van der Waals surface area contributed by atoms with Gasteiger partial charge in [0.2, 0.25) is 0 Å². The van der Waals surface area contributed by atoms with Crippen molar-refractivity contribution >= 4 is 10.9 Å². The molecule has 0 aliphatic heterocycles. The first-order valence-corrected chi connectivity index (χ1v) is 3.89. The van der Waals surface area contributed by atoms with E-state index in [2.05, 4.69) is 10.2 Å². The molecule has 0 atom stereocenters. The van der Waals surface area contributed by atoms with Gasteiger partial charge in [-0.15, -0.1) is 0 Å². The highest BCUT2D eigenvalue weighted by molar-refractivity contribution is 5.78. The normalized spacial score (nSPS) is 12.2. The minimum absolute atomic E-state index is 0.0152. The zero-order chi connectivity index (χ0) is 9.47. The number of fused-ring (bicyclic) bond motifs is 1. The van der Waals surface area contributed by atoms with Crippen molar-refractivity contribution in [2.45, 2.75) is 12.8 Å². The number of benzene rings is 1. The number of halogens is 2. The fourth-order valence-electron chi connectivity index (χ4n) is 1.22. The number of hydrogen-bond acceptors (Lipinski definition) is 1. The van der Waals surface area contributed by atoms with Crippen LogP contribution >= 0.6 is 0 Å². The Morgan fingerprint density at radius 3 is 2.85 bits per heavy atom. The summed E-state index contributed by atoms with van der Waals surface area (Å²) in [5.41, 5.74) is 0.786. The number of nitrogens with zero attached hydrogens (tertiary/aromatic N) is 1. The van der Waals surface area contributed by atoms with Gasteiger partial charge in [-0.1, -0.05) is 6.07 Å². The number of alkyl halides is 2. The van der Waals surface area contributed by atoms with Gasteiger partial charge in [0.1, 0.15) is 0 Å². The van der Waals surface area contributed by atoms with Crippen LogP contribution in [0.25, 0.3) is 10.9 Å². The van der Waals surface area contributed by atoms with E-state index < -0.39 is 5.92 Å². The first-order valence-electron chi connectivity index (χ1n) is 3.89. The van der Waals surface area contributed by atoms with Crippen molar-refractivity contribution in [3.63, 3.8) is 0 Å². The molecule has 0 saturated heterocycles. The molecule has 0 aliphatic rings. The van der Waals surface area contributed by atoms with Crippen LogP contribution < -0.4 is 0 Å². The van der Waals surface area contributed by atoms with Gasteiger partial charge in [-0.2, -0.15) is 5.10 Å². The van der Waals surface area contributed by atoms with Crippen molar-refractivity contribution < 1.29 is 8.78 Å². The molecule has 1 aromatic carbocycles. The summed E-state index contributed by atoms with van der Waals surface area (Å²) >= 11 is 0. The summed E-state index contributed by atoms with van der Waals surface area (Å²) in [6.07, 6.45) is 1.53. The lowest BCUT2D eigenvalue weighted by Gasteiger charge is -2.09. The number of rotatable bonds is 1. The third-order valence-electron chi connectivity index (χ3n) is 1.95. The maximum absolute atomic E-state index is 12.9. The zero-order valence-corrected chi connectivity index (χ0v) is 7.01. The van der Waals surface area contributed by atoms with E-state index in [9.17, 15) is 8.78 Å². The molecule has 2 nitrogen and oxygen atoms in total. The molecule has 0 saturated carbocycles. The molecule has 68 valence electrons. The predicted octanol–water partition coefficient (Wildman–Crippen LogP) is 2.67. The van der Waals surface area contributed by atoms with Crippen molar-refractivity contribution in [1.82, 2.24) is 10.2 Å². The summed E-state index contributed by atoms with van der Waals surface area (Å²) in [6.45, 7) is 0.883. The van der Waals surface area contributed by atoms with E-state index in [0.29, 0.717) is 5.39 Å². The number of H-pyrrole nitrogens is 1. The minimum atomic E-state index is -2.79. The molecule has 13 heavy (non-hydrogen) atoms. The molecule has 0 bridgehead atoms. The molecule has 0 amide bonds. The molecule has 2 rings (SSSR count). The Balaban J connectivity index is 2.61. The Hall–Kier alpha value is -1.45. The zero-order valence-electron chi connectivity index (χ0n) is 7.01. The van der Waals surface area contributed by atoms with Gasteiger partial charge in [-0.3, -0.25) is 5.10 Å². The number of nitrogens with one attached hydrogen (secondary N) is 1. The Bertz CT molecular complexity index is 428. The van der Waals surface area contributed by atoms with Gasteiger partial charge in [0.25, 0.3) is 5.92 Å². The Morgan fingerprint density at radius 1 is 1.38 bits per heavy atom. The fourth-order valence-corrected chi connectivity index (χ4v) is 1.22. The average molecular weight is 182 g/mol. The van der Waals surface area contributed by atoms with E-state index in [0.717, 1.165) is 12.4 Å². The van der Waals surface area contributed by atoms with E-state index in [-0.39, 0.29) is 5.56 Å². The standard InChI is InChI=1S/C9H8F2N2/c1-9(10,11)7-2-3-8-6(4-7)5-12-13-8/h2-5H,1H3,(H,12,13). The Morgan fingerprint density at radius 2 is 2.15 bits per heavy atom. The highest BCUT2D eigenvalue weighted by atomic mass is 19.3. The molecule has 0 unspecified atom stereocenters. The average Bonchev–Trinajstić information content (AvgIpc) is 2.47. The van der Waals surface area contributed by atoms with Crippen molar-refractivity contribution in [2.24, 2.45) is 0 Å². The summed E-state index contributed by atoms with van der Waals surface area (Å²) in [7, 11) is 0. The Kier molecular flexibility index (Phi) is 1.58. The molecular formula is C9H8F2N2. The van der Waals surface area contributed by atoms with Crippen molar-refractivity contribution in [1.29, 1.82) is 0 Å². The van der Waals surface area contributed by atoms with Crippen LogP contribution in [0.4, 0.5) is 8.78 Å². The van der Waals surface area contributed by atoms with Crippen LogP contribution in [0, 0.1) is 0 Å². The van der Waals surface area contributed by atoms with Crippen LogP contribution in [-0.4, -0.2) is 10.2 Å². The number of hydrogen-bond donors (Lipinski definition) is 1. The third-order valence-corrected chi connectivity index (χ3v) is 1.95. The van der Waals surface area contributed by atoms with Gasteiger partial charge in [0.05, 0.1) is 11.7 Å². The lowest BCUT2D eigenvalue weighted by molar-refractivity contribution is 0.0176. The van der Waals surface area contributed by atoms with Crippen LogP contribution in [0.1, 0.15) is 12.5 Å². The molecular weight excluding hydrogens is 174 g/mol. The lowest BCUT2D eigenvalue weighted by Crippen LogP contribution is -2.06. The fraction of sp³-hybridized carbons (Fsp3) is 0.222. The topological polar surface area (TPSA) is 28.7 Å². The second-order valence-electron chi connectivity index (χ2n) is 3.06. The molecule has 0 aliphatic carbocycles. The van der Waals surface area contributed by atoms with Gasteiger partial charge in [-0.25, -0.2) is 8.78 Å². The molecule has 0 spiro atoms. The van der Waals surface area contributed by atoms with Gasteiger partial charge in [-0.05, 0) is 12.1 Å². The van der Waals surface area contributed by atoms with Gasteiger partial charge in [0.15, 0.2) is 0 Å². The van der Waals surface area contributed by atoms with Crippen molar-refractivity contribution in [3.05, 3.63) is 30.0 Å². The van der Waals surface area contributed by atoms with Crippen LogP contribution in [0.5, 0.6) is 0 Å². The van der Waals surface area contributed by atoms with E-state index >= 15 is 0 Å². The summed E-state index contributed by atoms with van der Waals surface area (Å²) in [5.74, 6) is -2.79. The Labute approximate surface area is 73.6 Å². The summed E-state index contributed by atoms with van der Waals surface area (Å²) in [6, 6.07) is 4.45. The number of aromatic amines is 1. The summed E-state index contributed by atoms with van der Waals surface area (Å²) < 4.78 is 25.7. The molecule has 1 heterocycles. The minimum Gasteiger partial charge on any atom is -0.278 e. The smallest absolute Gasteiger partial charge is 0.270 e. The first kappa shape index (κ1) is 8.16. The van der Waals surface area contributed by atoms with Crippen molar-refractivity contribution in [2.75, 3.05) is 0 Å². The molecule has 0 radical (unpaired) electrons. The maximum atomic E-state index is 12.9.